The number of nitrogens with zero attached hydrogens (tertiary/aromatic N) is 3. The normalized spacial score (nSPS) is 14.2. The molecule has 0 N–H and O–H groups in total. The molecule has 2 aromatic carbocycles. The van der Waals surface area contributed by atoms with Crippen LogP contribution in [0.4, 0.5) is 20.2 Å². The monoisotopic (exact) mass is 485 g/mol. The van der Waals surface area contributed by atoms with Crippen LogP contribution >= 0.6 is 11.6 Å². The number of methoxy groups -OCH3 is 1. The molecule has 0 atom stereocenters. The second-order valence-electron chi connectivity index (χ2n) is 7.96. The summed E-state index contributed by atoms with van der Waals surface area (Å²) in [5, 5.41) is 0.696. The second kappa shape index (κ2) is 10.7. The summed E-state index contributed by atoms with van der Waals surface area (Å²) in [7, 11) is 1.62. The lowest BCUT2D eigenvalue weighted by Crippen LogP contribution is -2.42. The molecule has 0 saturated carbocycles. The number of benzene rings is 2. The van der Waals surface area contributed by atoms with Crippen LogP contribution in [-0.2, 0) is 0 Å². The molecule has 0 bridgehead atoms. The van der Waals surface area contributed by atoms with Gasteiger partial charge in [-0.1, -0.05) is 30.3 Å². The molecule has 34 heavy (non-hydrogen) atoms. The predicted molar refractivity (Wildman–Crippen MR) is 131 cm³/mol. The van der Waals surface area contributed by atoms with E-state index >= 15 is 0 Å². The van der Waals surface area contributed by atoms with E-state index in [0.29, 0.717) is 10.8 Å². The Balaban J connectivity index is 1.56. The standard InChI is InChI=1S/C26H26ClF2N3O2/c1-18(19-3-5-20(27)6-4-19)31-15-12-22(13-16-31)32(24-17-30-14-11-25(24)33-2)21-7-9-23(10-8-21)34-26(28)29/h3-11,14,17,22,26H,1,12-13,15-16H2,2H3. The van der Waals surface area contributed by atoms with Crippen molar-refractivity contribution in [2.45, 2.75) is 25.5 Å². The zero-order chi connectivity index (χ0) is 24.1. The van der Waals surface area contributed by atoms with Crippen molar-refractivity contribution in [2.75, 3.05) is 25.1 Å². The topological polar surface area (TPSA) is 37.8 Å². The number of anilines is 2. The summed E-state index contributed by atoms with van der Waals surface area (Å²) in [6, 6.07) is 16.3. The Kier molecular flexibility index (Phi) is 7.53. The van der Waals surface area contributed by atoms with Crippen LogP contribution < -0.4 is 14.4 Å². The third-order valence-electron chi connectivity index (χ3n) is 5.97. The van der Waals surface area contributed by atoms with Crippen molar-refractivity contribution in [3.63, 3.8) is 0 Å². The molecular weight excluding hydrogens is 460 g/mol. The van der Waals surface area contributed by atoms with Gasteiger partial charge in [-0.3, -0.25) is 4.98 Å². The molecule has 1 aromatic heterocycles. The van der Waals surface area contributed by atoms with Gasteiger partial charge in [-0.25, -0.2) is 0 Å². The number of alkyl halides is 2. The van der Waals surface area contributed by atoms with E-state index in [1.165, 1.54) is 0 Å². The average Bonchev–Trinajstić information content (AvgIpc) is 2.86. The molecule has 4 rings (SSSR count). The van der Waals surface area contributed by atoms with Crippen molar-refractivity contribution in [1.82, 2.24) is 9.88 Å². The minimum Gasteiger partial charge on any atom is -0.494 e. The average molecular weight is 486 g/mol. The third-order valence-corrected chi connectivity index (χ3v) is 6.22. The molecular formula is C26H26ClF2N3O2. The van der Waals surface area contributed by atoms with Gasteiger partial charge in [0, 0.05) is 47.8 Å². The number of halogens is 3. The van der Waals surface area contributed by atoms with Gasteiger partial charge < -0.3 is 19.3 Å². The van der Waals surface area contributed by atoms with Gasteiger partial charge in [0.1, 0.15) is 17.2 Å². The first-order chi connectivity index (χ1) is 16.5. The first kappa shape index (κ1) is 23.8. The van der Waals surface area contributed by atoms with Crippen molar-refractivity contribution in [1.29, 1.82) is 0 Å². The van der Waals surface area contributed by atoms with E-state index in [9.17, 15) is 8.78 Å². The largest absolute Gasteiger partial charge is 0.494 e. The summed E-state index contributed by atoms with van der Waals surface area (Å²) in [6.07, 6.45) is 5.17. The quantitative estimate of drug-likeness (QED) is 0.358. The molecule has 0 unspecified atom stereocenters. The molecule has 0 amide bonds. The molecule has 5 nitrogen and oxygen atoms in total. The molecule has 8 heteroatoms. The number of hydrogen-bond acceptors (Lipinski definition) is 5. The van der Waals surface area contributed by atoms with Crippen LogP contribution in [0.2, 0.25) is 5.02 Å². The first-order valence-corrected chi connectivity index (χ1v) is 11.4. The van der Waals surface area contributed by atoms with E-state index in [4.69, 9.17) is 16.3 Å². The van der Waals surface area contributed by atoms with Gasteiger partial charge in [-0.05, 0) is 54.8 Å². The molecule has 1 aliphatic rings. The van der Waals surface area contributed by atoms with Crippen LogP contribution in [0.3, 0.4) is 0 Å². The number of aromatic nitrogens is 1. The van der Waals surface area contributed by atoms with Gasteiger partial charge in [0.2, 0.25) is 0 Å². The fourth-order valence-electron chi connectivity index (χ4n) is 4.28. The van der Waals surface area contributed by atoms with E-state index in [2.05, 4.69) is 26.1 Å². The third kappa shape index (κ3) is 5.42. The van der Waals surface area contributed by atoms with E-state index < -0.39 is 6.61 Å². The Morgan fingerprint density at radius 3 is 2.38 bits per heavy atom. The van der Waals surface area contributed by atoms with Gasteiger partial charge in [0.15, 0.2) is 0 Å². The van der Waals surface area contributed by atoms with E-state index in [0.717, 1.165) is 48.6 Å². The van der Waals surface area contributed by atoms with Crippen LogP contribution in [0, 0.1) is 0 Å². The lowest BCUT2D eigenvalue weighted by atomic mass is 9.99. The highest BCUT2D eigenvalue weighted by Gasteiger charge is 2.29. The smallest absolute Gasteiger partial charge is 0.387 e. The molecule has 1 fully saturated rings. The van der Waals surface area contributed by atoms with Gasteiger partial charge >= 0.3 is 6.61 Å². The Labute approximate surface area is 203 Å². The fourth-order valence-corrected chi connectivity index (χ4v) is 4.41. The summed E-state index contributed by atoms with van der Waals surface area (Å²) in [6.45, 7) is 3.06. The van der Waals surface area contributed by atoms with Crippen molar-refractivity contribution < 1.29 is 18.3 Å². The van der Waals surface area contributed by atoms with Gasteiger partial charge in [0.05, 0.1) is 13.3 Å². The highest BCUT2D eigenvalue weighted by Crippen LogP contribution is 2.38. The summed E-state index contributed by atoms with van der Waals surface area (Å²) in [5.74, 6) is 0.807. The molecule has 1 saturated heterocycles. The SMILES string of the molecule is C=C(c1ccc(Cl)cc1)N1CCC(N(c2ccc(OC(F)F)cc2)c2cnccc2OC)CC1. The van der Waals surface area contributed by atoms with Crippen LogP contribution in [0.5, 0.6) is 11.5 Å². The molecule has 178 valence electrons. The summed E-state index contributed by atoms with van der Waals surface area (Å²) in [4.78, 5) is 8.74. The summed E-state index contributed by atoms with van der Waals surface area (Å²) < 4.78 is 35.3. The number of likely N-dealkylation sites (tertiary alicyclic amines) is 1. The number of rotatable bonds is 8. The van der Waals surface area contributed by atoms with Crippen molar-refractivity contribution in [2.24, 2.45) is 0 Å². The van der Waals surface area contributed by atoms with Crippen molar-refractivity contribution in [3.05, 3.63) is 84.2 Å². The lowest BCUT2D eigenvalue weighted by Gasteiger charge is -2.41. The van der Waals surface area contributed by atoms with Gasteiger partial charge in [0.25, 0.3) is 0 Å². The lowest BCUT2D eigenvalue weighted by molar-refractivity contribution is -0.0498. The number of piperidine rings is 1. The molecule has 1 aliphatic heterocycles. The molecule has 3 aromatic rings. The summed E-state index contributed by atoms with van der Waals surface area (Å²) >= 11 is 6.02. The van der Waals surface area contributed by atoms with Crippen molar-refractivity contribution >= 4 is 28.7 Å². The van der Waals surface area contributed by atoms with Crippen LogP contribution in [-0.4, -0.2) is 42.7 Å². The Morgan fingerprint density at radius 1 is 1.09 bits per heavy atom. The second-order valence-corrected chi connectivity index (χ2v) is 8.40. The Hall–Kier alpha value is -3.32. The molecule has 0 aliphatic carbocycles. The van der Waals surface area contributed by atoms with Crippen molar-refractivity contribution in [3.8, 4) is 11.5 Å². The van der Waals surface area contributed by atoms with Gasteiger partial charge in [-0.15, -0.1) is 0 Å². The first-order valence-electron chi connectivity index (χ1n) is 11.0. The maximum absolute atomic E-state index is 12.6. The number of hydrogen-bond donors (Lipinski definition) is 0. The van der Waals surface area contributed by atoms with E-state index in [1.54, 1.807) is 43.8 Å². The fraction of sp³-hybridized carbons (Fsp3) is 0.269. The Morgan fingerprint density at radius 2 is 1.76 bits per heavy atom. The van der Waals surface area contributed by atoms with E-state index in [-0.39, 0.29) is 11.8 Å². The molecule has 2 heterocycles. The number of pyridine rings is 1. The minimum absolute atomic E-state index is 0.117. The predicted octanol–water partition coefficient (Wildman–Crippen LogP) is 6.62. The maximum atomic E-state index is 12.6. The summed E-state index contributed by atoms with van der Waals surface area (Å²) in [5.41, 5.74) is 3.68. The minimum atomic E-state index is -2.86. The zero-order valence-corrected chi connectivity index (χ0v) is 19.6. The molecule has 0 spiro atoms. The van der Waals surface area contributed by atoms with Gasteiger partial charge in [-0.2, -0.15) is 8.78 Å². The van der Waals surface area contributed by atoms with Crippen LogP contribution in [0.1, 0.15) is 18.4 Å². The number of ether oxygens (including phenoxy) is 2. The maximum Gasteiger partial charge on any atom is 0.387 e. The zero-order valence-electron chi connectivity index (χ0n) is 18.8. The van der Waals surface area contributed by atoms with Crippen LogP contribution in [0.15, 0.2) is 73.6 Å². The molecule has 0 radical (unpaired) electrons. The van der Waals surface area contributed by atoms with E-state index in [1.807, 2.05) is 30.3 Å². The Bertz CT molecular complexity index is 1100. The highest BCUT2D eigenvalue weighted by atomic mass is 35.5. The highest BCUT2D eigenvalue weighted by molar-refractivity contribution is 6.30. The van der Waals surface area contributed by atoms with Crippen LogP contribution in [0.25, 0.3) is 5.70 Å².